The maximum absolute atomic E-state index is 5.78. The molecule has 0 fully saturated rings. The summed E-state index contributed by atoms with van der Waals surface area (Å²) in [6.45, 7) is 6.12. The van der Waals surface area contributed by atoms with Crippen molar-refractivity contribution < 1.29 is 4.74 Å². The minimum Gasteiger partial charge on any atom is -0.491 e. The Bertz CT molecular complexity index is 393. The highest BCUT2D eigenvalue weighted by molar-refractivity contribution is 9.10. The first-order valence-corrected chi connectivity index (χ1v) is 6.79. The minimum atomic E-state index is 0.521. The lowest BCUT2D eigenvalue weighted by molar-refractivity contribution is 0.180. The fourth-order valence-corrected chi connectivity index (χ4v) is 2.54. The quantitative estimate of drug-likeness (QED) is 0.789. The Morgan fingerprint density at radius 1 is 1.18 bits per heavy atom. The van der Waals surface area contributed by atoms with Crippen molar-refractivity contribution in [2.75, 3.05) is 13.2 Å². The van der Waals surface area contributed by atoms with Gasteiger partial charge in [0.05, 0.1) is 4.47 Å². The molecule has 2 unspecified atom stereocenters. The fourth-order valence-electron chi connectivity index (χ4n) is 2.14. The van der Waals surface area contributed by atoms with Gasteiger partial charge in [-0.1, -0.05) is 24.3 Å². The summed E-state index contributed by atoms with van der Waals surface area (Å²) in [6, 6.07) is 9.01. The summed E-state index contributed by atoms with van der Waals surface area (Å²) < 4.78 is 6.79. The number of ether oxygens (including phenoxy) is 1. The van der Waals surface area contributed by atoms with E-state index in [2.05, 4.69) is 46.8 Å². The van der Waals surface area contributed by atoms with Crippen molar-refractivity contribution >= 4 is 15.9 Å². The van der Waals surface area contributed by atoms with Crippen LogP contribution in [0.3, 0.4) is 0 Å². The number of benzene rings is 1. The minimum absolute atomic E-state index is 0.521. The summed E-state index contributed by atoms with van der Waals surface area (Å²) in [5.74, 6) is 0.917. The highest BCUT2D eigenvalue weighted by Crippen LogP contribution is 2.24. The van der Waals surface area contributed by atoms with Crippen LogP contribution in [0.15, 0.2) is 40.9 Å². The molecule has 3 heteroatoms. The van der Waals surface area contributed by atoms with Crippen LogP contribution in [0.25, 0.3) is 0 Å². The van der Waals surface area contributed by atoms with Crippen LogP contribution < -0.4 is 4.74 Å². The predicted molar refractivity (Wildman–Crippen MR) is 74.4 cm³/mol. The molecule has 0 spiro atoms. The molecule has 0 aliphatic carbocycles. The molecule has 1 aliphatic rings. The van der Waals surface area contributed by atoms with Crippen LogP contribution in [0, 0.1) is 0 Å². The van der Waals surface area contributed by atoms with E-state index < -0.39 is 0 Å². The highest BCUT2D eigenvalue weighted by atomic mass is 79.9. The average Bonchev–Trinajstić information content (AvgIpc) is 2.63. The van der Waals surface area contributed by atoms with Gasteiger partial charge >= 0.3 is 0 Å². The van der Waals surface area contributed by atoms with Gasteiger partial charge in [0.15, 0.2) is 0 Å². The molecular formula is C14H18BrNO. The van der Waals surface area contributed by atoms with Gasteiger partial charge in [-0.3, -0.25) is 4.90 Å². The standard InChI is InChI=1S/C14H18BrNO/c1-11-7-8-12(2)16(11)9-10-17-14-6-4-3-5-13(14)15/h3-8,11-12H,9-10H2,1-2H3. The Balaban J connectivity index is 1.82. The van der Waals surface area contributed by atoms with Crippen LogP contribution in [0.4, 0.5) is 0 Å². The van der Waals surface area contributed by atoms with Gasteiger partial charge in [-0.2, -0.15) is 0 Å². The summed E-state index contributed by atoms with van der Waals surface area (Å²) >= 11 is 3.48. The third-order valence-corrected chi connectivity index (χ3v) is 3.81. The summed E-state index contributed by atoms with van der Waals surface area (Å²) in [5.41, 5.74) is 0. The van der Waals surface area contributed by atoms with Crippen LogP contribution in [-0.2, 0) is 0 Å². The van der Waals surface area contributed by atoms with E-state index in [-0.39, 0.29) is 0 Å². The maximum Gasteiger partial charge on any atom is 0.133 e. The molecule has 0 amide bonds. The molecule has 1 aromatic carbocycles. The van der Waals surface area contributed by atoms with Gasteiger partial charge in [0, 0.05) is 18.6 Å². The van der Waals surface area contributed by atoms with Crippen molar-refractivity contribution in [2.45, 2.75) is 25.9 Å². The molecule has 0 aromatic heterocycles. The second kappa shape index (κ2) is 5.69. The van der Waals surface area contributed by atoms with Gasteiger partial charge in [0.1, 0.15) is 12.4 Å². The van der Waals surface area contributed by atoms with Crippen molar-refractivity contribution in [1.29, 1.82) is 0 Å². The van der Waals surface area contributed by atoms with Gasteiger partial charge < -0.3 is 4.74 Å². The lowest BCUT2D eigenvalue weighted by Gasteiger charge is -2.26. The number of hydrogen-bond acceptors (Lipinski definition) is 2. The molecule has 2 atom stereocenters. The Kier molecular flexibility index (Phi) is 4.24. The normalized spacial score (nSPS) is 24.2. The first kappa shape index (κ1) is 12.7. The monoisotopic (exact) mass is 295 g/mol. The first-order chi connectivity index (χ1) is 8.18. The smallest absolute Gasteiger partial charge is 0.133 e. The van der Waals surface area contributed by atoms with Crippen LogP contribution in [0.1, 0.15) is 13.8 Å². The summed E-state index contributed by atoms with van der Waals surface area (Å²) in [5, 5.41) is 0. The second-order valence-electron chi connectivity index (χ2n) is 4.38. The van der Waals surface area contributed by atoms with Crippen molar-refractivity contribution in [2.24, 2.45) is 0 Å². The molecule has 1 aliphatic heterocycles. The lowest BCUT2D eigenvalue weighted by atomic mass is 10.3. The van der Waals surface area contributed by atoms with Crippen LogP contribution >= 0.6 is 15.9 Å². The van der Waals surface area contributed by atoms with E-state index in [4.69, 9.17) is 4.74 Å². The van der Waals surface area contributed by atoms with Gasteiger partial charge in [0.25, 0.3) is 0 Å². The van der Waals surface area contributed by atoms with E-state index in [1.807, 2.05) is 24.3 Å². The Morgan fingerprint density at radius 2 is 1.82 bits per heavy atom. The zero-order valence-corrected chi connectivity index (χ0v) is 11.9. The van der Waals surface area contributed by atoms with Crippen molar-refractivity contribution in [3.8, 4) is 5.75 Å². The van der Waals surface area contributed by atoms with E-state index >= 15 is 0 Å². The van der Waals surface area contributed by atoms with E-state index in [9.17, 15) is 0 Å². The summed E-state index contributed by atoms with van der Waals surface area (Å²) in [7, 11) is 0. The third kappa shape index (κ3) is 3.11. The molecule has 0 N–H and O–H groups in total. The molecule has 0 bridgehead atoms. The average molecular weight is 296 g/mol. The number of para-hydroxylation sites is 1. The van der Waals surface area contributed by atoms with Gasteiger partial charge in [-0.25, -0.2) is 0 Å². The van der Waals surface area contributed by atoms with Crippen molar-refractivity contribution in [1.82, 2.24) is 4.90 Å². The SMILES string of the molecule is CC1C=CC(C)N1CCOc1ccccc1Br. The molecule has 0 saturated carbocycles. The molecule has 17 heavy (non-hydrogen) atoms. The van der Waals surface area contributed by atoms with Crippen molar-refractivity contribution in [3.05, 3.63) is 40.9 Å². The second-order valence-corrected chi connectivity index (χ2v) is 5.24. The summed E-state index contributed by atoms with van der Waals surface area (Å²) in [4.78, 5) is 2.43. The molecule has 0 saturated heterocycles. The molecule has 1 heterocycles. The van der Waals surface area contributed by atoms with E-state index in [0.717, 1.165) is 23.4 Å². The maximum atomic E-state index is 5.78. The van der Waals surface area contributed by atoms with Crippen molar-refractivity contribution in [3.63, 3.8) is 0 Å². The molecule has 2 rings (SSSR count). The Labute approximate surface area is 111 Å². The predicted octanol–water partition coefficient (Wildman–Crippen LogP) is 3.48. The van der Waals surface area contributed by atoms with E-state index in [0.29, 0.717) is 12.1 Å². The molecule has 92 valence electrons. The molecule has 2 nitrogen and oxygen atoms in total. The molecule has 1 aromatic rings. The lowest BCUT2D eigenvalue weighted by Crippen LogP contribution is -2.36. The Hall–Kier alpha value is -0.800. The fraction of sp³-hybridized carbons (Fsp3) is 0.429. The third-order valence-electron chi connectivity index (χ3n) is 3.16. The number of nitrogens with zero attached hydrogens (tertiary/aromatic N) is 1. The largest absolute Gasteiger partial charge is 0.491 e. The van der Waals surface area contributed by atoms with Crippen LogP contribution in [0.2, 0.25) is 0 Å². The highest BCUT2D eigenvalue weighted by Gasteiger charge is 2.21. The van der Waals surface area contributed by atoms with Gasteiger partial charge in [-0.05, 0) is 41.9 Å². The summed E-state index contributed by atoms with van der Waals surface area (Å²) in [6.07, 6.45) is 4.51. The van der Waals surface area contributed by atoms with Crippen LogP contribution in [-0.4, -0.2) is 30.1 Å². The van der Waals surface area contributed by atoms with E-state index in [1.54, 1.807) is 0 Å². The van der Waals surface area contributed by atoms with Gasteiger partial charge in [-0.15, -0.1) is 0 Å². The zero-order chi connectivity index (χ0) is 12.3. The van der Waals surface area contributed by atoms with E-state index in [1.165, 1.54) is 0 Å². The molecular weight excluding hydrogens is 278 g/mol. The van der Waals surface area contributed by atoms with Gasteiger partial charge in [0.2, 0.25) is 0 Å². The number of hydrogen-bond donors (Lipinski definition) is 0. The van der Waals surface area contributed by atoms with Crippen LogP contribution in [0.5, 0.6) is 5.75 Å². The number of halogens is 1. The number of rotatable bonds is 4. The Morgan fingerprint density at radius 3 is 2.47 bits per heavy atom. The topological polar surface area (TPSA) is 12.5 Å². The zero-order valence-electron chi connectivity index (χ0n) is 10.3. The molecule has 0 radical (unpaired) electrons. The first-order valence-electron chi connectivity index (χ1n) is 6.00.